The number of anilines is 1. The van der Waals surface area contributed by atoms with Gasteiger partial charge in [-0.15, -0.1) is 0 Å². The first-order valence-electron chi connectivity index (χ1n) is 8.14. The summed E-state index contributed by atoms with van der Waals surface area (Å²) in [5.74, 6) is -1.14. The highest BCUT2D eigenvalue weighted by Crippen LogP contribution is 2.27. The molecule has 1 N–H and O–H groups in total. The third-order valence-corrected chi connectivity index (χ3v) is 4.43. The number of nitrogens with zero attached hydrogens (tertiary/aromatic N) is 1. The standard InChI is InChI=1S/C20H16Cl2N2O3/c1-11-7-12(2)19(15(21)8-11)24-18(25)10-27-20(26)14-9-17(22)23-16-6-4-3-5-13(14)16/h3-9H,10H2,1-2H3,(H,24,25). The number of para-hydroxylation sites is 1. The van der Waals surface area contributed by atoms with E-state index in [0.717, 1.165) is 11.1 Å². The van der Waals surface area contributed by atoms with Gasteiger partial charge in [0.05, 0.1) is 21.8 Å². The van der Waals surface area contributed by atoms with Crippen molar-refractivity contribution >= 4 is 51.7 Å². The number of hydrogen-bond acceptors (Lipinski definition) is 4. The average molecular weight is 403 g/mol. The van der Waals surface area contributed by atoms with Crippen LogP contribution in [0, 0.1) is 13.8 Å². The molecule has 3 rings (SSSR count). The lowest BCUT2D eigenvalue weighted by molar-refractivity contribution is -0.119. The molecular weight excluding hydrogens is 387 g/mol. The zero-order valence-corrected chi connectivity index (χ0v) is 16.2. The van der Waals surface area contributed by atoms with Crippen LogP contribution >= 0.6 is 23.2 Å². The molecule has 0 aliphatic rings. The van der Waals surface area contributed by atoms with Crippen molar-refractivity contribution in [3.63, 3.8) is 0 Å². The van der Waals surface area contributed by atoms with Crippen LogP contribution in [0.15, 0.2) is 42.5 Å². The SMILES string of the molecule is Cc1cc(C)c(NC(=O)COC(=O)c2cc(Cl)nc3ccccc23)c(Cl)c1. The number of carbonyl (C=O) groups is 2. The molecule has 0 aliphatic heterocycles. The van der Waals surface area contributed by atoms with Crippen molar-refractivity contribution in [2.45, 2.75) is 13.8 Å². The zero-order valence-electron chi connectivity index (χ0n) is 14.7. The second-order valence-electron chi connectivity index (χ2n) is 6.07. The van der Waals surface area contributed by atoms with Crippen molar-refractivity contribution < 1.29 is 14.3 Å². The third-order valence-electron chi connectivity index (χ3n) is 3.94. The van der Waals surface area contributed by atoms with E-state index in [9.17, 15) is 9.59 Å². The molecule has 0 atom stereocenters. The largest absolute Gasteiger partial charge is 0.452 e. The Morgan fingerprint density at radius 1 is 1.11 bits per heavy atom. The van der Waals surface area contributed by atoms with Gasteiger partial charge in [-0.25, -0.2) is 9.78 Å². The molecule has 0 aliphatic carbocycles. The van der Waals surface area contributed by atoms with E-state index in [1.807, 2.05) is 19.9 Å². The van der Waals surface area contributed by atoms with Gasteiger partial charge in [-0.1, -0.05) is 47.5 Å². The Kier molecular flexibility index (Phi) is 5.63. The van der Waals surface area contributed by atoms with Crippen molar-refractivity contribution in [2.75, 3.05) is 11.9 Å². The van der Waals surface area contributed by atoms with Crippen molar-refractivity contribution in [1.29, 1.82) is 0 Å². The molecule has 1 amide bonds. The fourth-order valence-electron chi connectivity index (χ4n) is 2.77. The fraction of sp³-hybridized carbons (Fsp3) is 0.150. The van der Waals surface area contributed by atoms with E-state index >= 15 is 0 Å². The predicted molar refractivity (Wildman–Crippen MR) is 107 cm³/mol. The maximum Gasteiger partial charge on any atom is 0.339 e. The maximum atomic E-state index is 12.4. The summed E-state index contributed by atoms with van der Waals surface area (Å²) in [6.07, 6.45) is 0. The summed E-state index contributed by atoms with van der Waals surface area (Å²) in [5.41, 5.74) is 3.14. The number of nitrogens with one attached hydrogen (secondary N) is 1. The second kappa shape index (κ2) is 7.94. The minimum absolute atomic E-state index is 0.173. The van der Waals surface area contributed by atoms with Gasteiger partial charge in [0.2, 0.25) is 0 Å². The van der Waals surface area contributed by atoms with E-state index in [0.29, 0.717) is 21.6 Å². The van der Waals surface area contributed by atoms with E-state index in [1.54, 1.807) is 30.3 Å². The van der Waals surface area contributed by atoms with Crippen LogP contribution in [0.4, 0.5) is 5.69 Å². The first kappa shape index (κ1) is 19.1. The molecule has 1 heterocycles. The van der Waals surface area contributed by atoms with Crippen molar-refractivity contribution in [2.24, 2.45) is 0 Å². The highest BCUT2D eigenvalue weighted by atomic mass is 35.5. The van der Waals surface area contributed by atoms with Crippen LogP contribution in [-0.2, 0) is 9.53 Å². The van der Waals surface area contributed by atoms with Gasteiger partial charge < -0.3 is 10.1 Å². The summed E-state index contributed by atoms with van der Waals surface area (Å²) >= 11 is 12.1. The van der Waals surface area contributed by atoms with E-state index in [-0.39, 0.29) is 10.7 Å². The summed E-state index contributed by atoms with van der Waals surface area (Å²) in [5, 5.41) is 3.88. The van der Waals surface area contributed by atoms with E-state index in [2.05, 4.69) is 10.3 Å². The molecule has 0 spiro atoms. The van der Waals surface area contributed by atoms with Gasteiger partial charge in [-0.2, -0.15) is 0 Å². The van der Waals surface area contributed by atoms with Crippen molar-refractivity contribution in [3.05, 3.63) is 69.3 Å². The molecule has 7 heteroatoms. The van der Waals surface area contributed by atoms with Crippen molar-refractivity contribution in [3.8, 4) is 0 Å². The molecule has 3 aromatic rings. The Balaban J connectivity index is 1.72. The molecule has 0 saturated carbocycles. The van der Waals surface area contributed by atoms with Crippen LogP contribution in [-0.4, -0.2) is 23.5 Å². The zero-order chi connectivity index (χ0) is 19.6. The first-order chi connectivity index (χ1) is 12.8. The first-order valence-corrected chi connectivity index (χ1v) is 8.90. The predicted octanol–water partition coefficient (Wildman–Crippen LogP) is 4.95. The molecular formula is C20H16Cl2N2O3. The Labute approximate surface area is 166 Å². The number of aromatic nitrogens is 1. The second-order valence-corrected chi connectivity index (χ2v) is 6.87. The van der Waals surface area contributed by atoms with Gasteiger partial charge in [0.1, 0.15) is 5.15 Å². The van der Waals surface area contributed by atoms with E-state index in [1.165, 1.54) is 6.07 Å². The molecule has 138 valence electrons. The van der Waals surface area contributed by atoms with Crippen LogP contribution in [0.3, 0.4) is 0 Å². The van der Waals surface area contributed by atoms with Crippen LogP contribution in [0.5, 0.6) is 0 Å². The van der Waals surface area contributed by atoms with Crippen LogP contribution in [0.25, 0.3) is 10.9 Å². The molecule has 0 saturated heterocycles. The van der Waals surface area contributed by atoms with Crippen molar-refractivity contribution in [1.82, 2.24) is 4.98 Å². The Morgan fingerprint density at radius 2 is 1.85 bits per heavy atom. The topological polar surface area (TPSA) is 68.3 Å². The quantitative estimate of drug-likeness (QED) is 0.494. The van der Waals surface area contributed by atoms with Gasteiger partial charge in [0.15, 0.2) is 6.61 Å². The number of fused-ring (bicyclic) bond motifs is 1. The van der Waals surface area contributed by atoms with Crippen LogP contribution < -0.4 is 5.32 Å². The molecule has 2 aromatic carbocycles. The number of aryl methyl sites for hydroxylation is 2. The van der Waals surface area contributed by atoms with Gasteiger partial charge >= 0.3 is 5.97 Å². The number of halogens is 2. The number of pyridine rings is 1. The summed E-state index contributed by atoms with van der Waals surface area (Å²) in [6, 6.07) is 12.1. The minimum Gasteiger partial charge on any atom is -0.452 e. The lowest BCUT2D eigenvalue weighted by Gasteiger charge is -2.12. The number of amides is 1. The molecule has 0 bridgehead atoms. The number of benzene rings is 2. The Bertz CT molecular complexity index is 1030. The highest BCUT2D eigenvalue weighted by molar-refractivity contribution is 6.34. The molecule has 5 nitrogen and oxygen atoms in total. The Morgan fingerprint density at radius 3 is 2.59 bits per heavy atom. The smallest absolute Gasteiger partial charge is 0.339 e. The number of rotatable bonds is 4. The monoisotopic (exact) mass is 402 g/mol. The van der Waals surface area contributed by atoms with Gasteiger partial charge in [-0.05, 0) is 43.2 Å². The van der Waals surface area contributed by atoms with Gasteiger partial charge in [0.25, 0.3) is 5.91 Å². The lowest BCUT2D eigenvalue weighted by Crippen LogP contribution is -2.21. The Hall–Kier alpha value is -2.63. The molecule has 27 heavy (non-hydrogen) atoms. The summed E-state index contributed by atoms with van der Waals surface area (Å²) in [6.45, 7) is 3.30. The van der Waals surface area contributed by atoms with Crippen LogP contribution in [0.1, 0.15) is 21.5 Å². The van der Waals surface area contributed by atoms with E-state index < -0.39 is 18.5 Å². The average Bonchev–Trinajstić information content (AvgIpc) is 2.62. The number of carbonyl (C=O) groups excluding carboxylic acids is 2. The fourth-order valence-corrected chi connectivity index (χ4v) is 3.34. The van der Waals surface area contributed by atoms with Gasteiger partial charge in [-0.3, -0.25) is 4.79 Å². The summed E-state index contributed by atoms with van der Waals surface area (Å²) in [4.78, 5) is 28.8. The molecule has 0 unspecified atom stereocenters. The summed E-state index contributed by atoms with van der Waals surface area (Å²) in [7, 11) is 0. The molecule has 1 aromatic heterocycles. The maximum absolute atomic E-state index is 12.4. The molecule has 0 radical (unpaired) electrons. The van der Waals surface area contributed by atoms with E-state index in [4.69, 9.17) is 27.9 Å². The number of esters is 1. The van der Waals surface area contributed by atoms with Gasteiger partial charge in [0, 0.05) is 5.39 Å². The number of hydrogen-bond donors (Lipinski definition) is 1. The normalized spacial score (nSPS) is 10.7. The highest BCUT2D eigenvalue weighted by Gasteiger charge is 2.16. The third kappa shape index (κ3) is 4.38. The summed E-state index contributed by atoms with van der Waals surface area (Å²) < 4.78 is 5.15. The number of ether oxygens (including phenoxy) is 1. The minimum atomic E-state index is -0.655. The van der Waals surface area contributed by atoms with Crippen LogP contribution in [0.2, 0.25) is 10.2 Å². The lowest BCUT2D eigenvalue weighted by atomic mass is 10.1. The molecule has 0 fully saturated rings.